The molecule has 0 bridgehead atoms. The first kappa shape index (κ1) is 26.4. The minimum Gasteiger partial charge on any atom is -0.351 e. The summed E-state index contributed by atoms with van der Waals surface area (Å²) >= 11 is 7.03. The first-order valence-corrected chi connectivity index (χ1v) is 11.3. The van der Waals surface area contributed by atoms with Crippen LogP contribution in [0.3, 0.4) is 0 Å². The Morgan fingerprint density at radius 1 is 1.19 bits per heavy atom. The molecule has 1 aliphatic rings. The van der Waals surface area contributed by atoms with E-state index in [9.17, 15) is 22.8 Å². The molecule has 1 saturated carbocycles. The number of nitrogens with two attached hydrogens (primary N) is 1. The van der Waals surface area contributed by atoms with Gasteiger partial charge in [-0.3, -0.25) is 14.5 Å². The molecule has 11 heteroatoms. The van der Waals surface area contributed by atoms with Gasteiger partial charge in [0.05, 0.1) is 5.56 Å². The Morgan fingerprint density at radius 2 is 1.88 bits per heavy atom. The van der Waals surface area contributed by atoms with Gasteiger partial charge in [-0.1, -0.05) is 12.1 Å². The van der Waals surface area contributed by atoms with Gasteiger partial charge in [0, 0.05) is 22.6 Å². The molecular weight excluding hydrogens is 486 g/mol. The van der Waals surface area contributed by atoms with Gasteiger partial charge in [0.2, 0.25) is 11.8 Å². The van der Waals surface area contributed by atoms with E-state index < -0.39 is 35.5 Å². The van der Waals surface area contributed by atoms with Crippen LogP contribution in [-0.2, 0) is 15.8 Å². The zero-order chi connectivity index (χ0) is 22.6. The van der Waals surface area contributed by atoms with Crippen molar-refractivity contribution in [3.05, 3.63) is 52.2 Å². The average molecular weight is 510 g/mol. The molecule has 1 aromatic carbocycles. The average Bonchev–Trinajstić information content (AvgIpc) is 3.26. The fourth-order valence-electron chi connectivity index (χ4n) is 3.70. The van der Waals surface area contributed by atoms with Gasteiger partial charge < -0.3 is 11.1 Å². The van der Waals surface area contributed by atoms with Crippen LogP contribution in [0.4, 0.5) is 18.9 Å². The van der Waals surface area contributed by atoms with Crippen LogP contribution in [0, 0.1) is 0 Å². The van der Waals surface area contributed by atoms with Crippen LogP contribution < -0.4 is 16.0 Å². The number of halogens is 5. The van der Waals surface area contributed by atoms with E-state index in [0.29, 0.717) is 17.7 Å². The Morgan fingerprint density at radius 3 is 2.44 bits per heavy atom. The SMILES string of the molecule is Cl.NC1CCC(NC(=O)C(c2cccs2)N(C(=O)CCl)c2cccc(C(F)(F)F)c2)CC1. The largest absolute Gasteiger partial charge is 0.416 e. The van der Waals surface area contributed by atoms with Gasteiger partial charge in [0.25, 0.3) is 0 Å². The number of hydrogen-bond donors (Lipinski definition) is 2. The smallest absolute Gasteiger partial charge is 0.351 e. The summed E-state index contributed by atoms with van der Waals surface area (Å²) in [7, 11) is 0. The number of anilines is 1. The molecule has 1 fully saturated rings. The number of carbonyl (C=O) groups excluding carboxylic acids is 2. The summed E-state index contributed by atoms with van der Waals surface area (Å²) in [4.78, 5) is 27.7. The number of benzene rings is 1. The van der Waals surface area contributed by atoms with E-state index in [0.717, 1.165) is 29.9 Å². The van der Waals surface area contributed by atoms with Crippen LogP contribution in [0.5, 0.6) is 0 Å². The lowest BCUT2D eigenvalue weighted by molar-refractivity contribution is -0.137. The van der Waals surface area contributed by atoms with Gasteiger partial charge in [-0.2, -0.15) is 13.2 Å². The number of amides is 2. The molecule has 32 heavy (non-hydrogen) atoms. The highest BCUT2D eigenvalue weighted by Crippen LogP contribution is 2.36. The van der Waals surface area contributed by atoms with E-state index in [1.54, 1.807) is 17.5 Å². The highest BCUT2D eigenvalue weighted by Gasteiger charge is 2.36. The molecule has 3 rings (SSSR count). The molecule has 2 aromatic rings. The van der Waals surface area contributed by atoms with E-state index in [1.807, 2.05) is 0 Å². The van der Waals surface area contributed by atoms with E-state index >= 15 is 0 Å². The van der Waals surface area contributed by atoms with Crippen molar-refractivity contribution in [2.45, 2.75) is 50.0 Å². The molecule has 1 aromatic heterocycles. The summed E-state index contributed by atoms with van der Waals surface area (Å²) in [6.45, 7) is 0. The number of carbonyl (C=O) groups is 2. The Hall–Kier alpha value is -1.81. The Labute approximate surface area is 199 Å². The molecule has 0 saturated heterocycles. The summed E-state index contributed by atoms with van der Waals surface area (Å²) in [5, 5.41) is 4.70. The Balaban J connectivity index is 0.00000363. The molecule has 1 heterocycles. The standard InChI is InChI=1S/C21H23ClF3N3O2S.ClH/c22-12-18(29)28(16-4-1-3-13(11-16)21(23,24)25)19(17-5-2-10-31-17)20(30)27-15-8-6-14(26)7-9-15;/h1-5,10-11,14-15,19H,6-9,12,26H2,(H,27,30);1H. The van der Waals surface area contributed by atoms with Gasteiger partial charge >= 0.3 is 6.18 Å². The van der Waals surface area contributed by atoms with Gasteiger partial charge in [0.1, 0.15) is 11.9 Å². The monoisotopic (exact) mass is 509 g/mol. The lowest BCUT2D eigenvalue weighted by atomic mass is 9.91. The number of nitrogens with zero attached hydrogens (tertiary/aromatic N) is 1. The zero-order valence-electron chi connectivity index (χ0n) is 17.0. The third kappa shape index (κ3) is 6.37. The predicted molar refractivity (Wildman–Crippen MR) is 122 cm³/mol. The maximum Gasteiger partial charge on any atom is 0.416 e. The second kappa shape index (κ2) is 11.4. The zero-order valence-corrected chi connectivity index (χ0v) is 19.4. The minimum absolute atomic E-state index is 0. The molecule has 1 aliphatic carbocycles. The van der Waals surface area contributed by atoms with Crippen molar-refractivity contribution in [3.63, 3.8) is 0 Å². The van der Waals surface area contributed by atoms with Gasteiger partial charge in [-0.15, -0.1) is 35.3 Å². The fourth-order valence-corrected chi connectivity index (χ4v) is 4.64. The summed E-state index contributed by atoms with van der Waals surface area (Å²) < 4.78 is 39.8. The highest BCUT2D eigenvalue weighted by atomic mass is 35.5. The number of rotatable bonds is 6. The molecule has 176 valence electrons. The predicted octanol–water partition coefficient (Wildman–Crippen LogP) is 4.89. The number of nitrogens with one attached hydrogen (secondary N) is 1. The van der Waals surface area contributed by atoms with Crippen molar-refractivity contribution < 1.29 is 22.8 Å². The van der Waals surface area contributed by atoms with E-state index in [4.69, 9.17) is 17.3 Å². The molecule has 3 N–H and O–H groups in total. The van der Waals surface area contributed by atoms with Crippen molar-refractivity contribution in [2.75, 3.05) is 10.8 Å². The van der Waals surface area contributed by atoms with Crippen molar-refractivity contribution in [1.29, 1.82) is 0 Å². The first-order valence-electron chi connectivity index (χ1n) is 9.85. The maximum absolute atomic E-state index is 13.3. The van der Waals surface area contributed by atoms with Crippen LogP contribution >= 0.6 is 35.3 Å². The van der Waals surface area contributed by atoms with Gasteiger partial charge in [-0.05, 0) is 55.3 Å². The summed E-state index contributed by atoms with van der Waals surface area (Å²) in [5.41, 5.74) is 4.97. The minimum atomic E-state index is -4.59. The molecule has 1 atom stereocenters. The van der Waals surface area contributed by atoms with Crippen LogP contribution in [0.25, 0.3) is 0 Å². The lowest BCUT2D eigenvalue weighted by Gasteiger charge is -2.33. The fraction of sp³-hybridized carbons (Fsp3) is 0.429. The third-order valence-electron chi connectivity index (χ3n) is 5.27. The van der Waals surface area contributed by atoms with Crippen LogP contribution in [0.1, 0.15) is 42.2 Å². The first-order chi connectivity index (χ1) is 14.7. The summed E-state index contributed by atoms with van der Waals surface area (Å²) in [5.74, 6) is -1.61. The van der Waals surface area contributed by atoms with E-state index in [2.05, 4.69) is 5.32 Å². The lowest BCUT2D eigenvalue weighted by Crippen LogP contribution is -2.48. The normalized spacial score (nSPS) is 19.5. The molecule has 2 amide bonds. The van der Waals surface area contributed by atoms with E-state index in [1.165, 1.54) is 23.5 Å². The molecule has 0 spiro atoms. The quantitative estimate of drug-likeness (QED) is 0.544. The van der Waals surface area contributed by atoms with E-state index in [-0.39, 0.29) is 30.2 Å². The second-order valence-electron chi connectivity index (χ2n) is 7.48. The molecular formula is C21H24Cl2F3N3O2S. The molecule has 1 unspecified atom stereocenters. The van der Waals surface area contributed by atoms with Crippen molar-refractivity contribution >= 4 is 52.8 Å². The second-order valence-corrected chi connectivity index (χ2v) is 8.73. The molecule has 0 radical (unpaired) electrons. The van der Waals surface area contributed by atoms with Crippen LogP contribution in [0.15, 0.2) is 41.8 Å². The highest BCUT2D eigenvalue weighted by molar-refractivity contribution is 7.10. The van der Waals surface area contributed by atoms with Crippen LogP contribution in [-0.4, -0.2) is 29.8 Å². The number of thiophene rings is 1. The summed E-state index contributed by atoms with van der Waals surface area (Å²) in [6, 6.07) is 6.60. The van der Waals surface area contributed by atoms with Gasteiger partial charge in [-0.25, -0.2) is 0 Å². The van der Waals surface area contributed by atoms with Gasteiger partial charge in [0.15, 0.2) is 0 Å². The van der Waals surface area contributed by atoms with Crippen molar-refractivity contribution in [2.24, 2.45) is 5.73 Å². The van der Waals surface area contributed by atoms with Crippen molar-refractivity contribution in [3.8, 4) is 0 Å². The maximum atomic E-state index is 13.3. The third-order valence-corrected chi connectivity index (χ3v) is 6.43. The molecule has 5 nitrogen and oxygen atoms in total. The number of hydrogen-bond acceptors (Lipinski definition) is 4. The summed E-state index contributed by atoms with van der Waals surface area (Å²) in [6.07, 6.45) is -1.64. The van der Waals surface area contributed by atoms with Crippen molar-refractivity contribution in [1.82, 2.24) is 5.32 Å². The Bertz CT molecular complexity index is 904. The Kier molecular flexibility index (Phi) is 9.39. The topological polar surface area (TPSA) is 75.4 Å². The van der Waals surface area contributed by atoms with Crippen LogP contribution in [0.2, 0.25) is 0 Å². The molecule has 0 aliphatic heterocycles. The number of alkyl halides is 4.